The van der Waals surface area contributed by atoms with Crippen LogP contribution in [0.15, 0.2) is 12.3 Å². The topological polar surface area (TPSA) is 100 Å². The van der Waals surface area contributed by atoms with Gasteiger partial charge < -0.3 is 21.5 Å². The molecule has 1 aliphatic carbocycles. The summed E-state index contributed by atoms with van der Waals surface area (Å²) in [5.74, 6) is 0.489. The van der Waals surface area contributed by atoms with E-state index in [1.54, 1.807) is 13.1 Å². The molecular formula is C14H22N4O2. The number of primary amides is 1. The van der Waals surface area contributed by atoms with E-state index >= 15 is 0 Å². The van der Waals surface area contributed by atoms with Gasteiger partial charge in [-0.3, -0.25) is 4.79 Å². The van der Waals surface area contributed by atoms with Crippen LogP contribution in [0, 0.1) is 5.92 Å². The van der Waals surface area contributed by atoms with E-state index in [9.17, 15) is 9.90 Å². The molecule has 3 atom stereocenters. The second-order valence-electron chi connectivity index (χ2n) is 5.43. The van der Waals surface area contributed by atoms with Crippen LogP contribution in [0.5, 0.6) is 0 Å². The van der Waals surface area contributed by atoms with E-state index in [-0.39, 0.29) is 12.1 Å². The zero-order valence-corrected chi connectivity index (χ0v) is 11.9. The molecule has 6 nitrogen and oxygen atoms in total. The lowest BCUT2D eigenvalue weighted by atomic mass is 9.84. The van der Waals surface area contributed by atoms with Crippen LogP contribution >= 0.6 is 0 Å². The van der Waals surface area contributed by atoms with E-state index in [0.29, 0.717) is 29.4 Å². The Morgan fingerprint density at radius 1 is 1.50 bits per heavy atom. The number of amides is 1. The molecule has 1 heterocycles. The lowest BCUT2D eigenvalue weighted by molar-refractivity contribution is 0.0740. The van der Waals surface area contributed by atoms with E-state index in [1.165, 1.54) is 6.20 Å². The zero-order chi connectivity index (χ0) is 14.7. The minimum atomic E-state index is -0.507. The highest BCUT2D eigenvalue weighted by molar-refractivity contribution is 5.98. The second kappa shape index (κ2) is 6.09. The predicted octanol–water partition coefficient (Wildman–Crippen LogP) is 1.18. The number of anilines is 2. The number of rotatable bonds is 4. The Bertz CT molecular complexity index is 492. The van der Waals surface area contributed by atoms with Crippen molar-refractivity contribution in [3.8, 4) is 0 Å². The highest BCUT2D eigenvalue weighted by atomic mass is 16.3. The van der Waals surface area contributed by atoms with Crippen LogP contribution in [0.3, 0.4) is 0 Å². The number of nitrogens with one attached hydrogen (secondary N) is 2. The molecule has 1 aliphatic rings. The number of nitrogens with two attached hydrogens (primary N) is 1. The van der Waals surface area contributed by atoms with Crippen molar-refractivity contribution in [3.63, 3.8) is 0 Å². The standard InChI is InChI=1S/C14H22N4O2/c1-8-3-4-9(5-12(8)19)18-11-6-13(16-2)17-7-10(11)14(15)20/h6-9,12,19H,3-5H2,1-2H3,(H2,15,20)(H2,16,17,18)/t8-,9-,12-/m1/s1. The fraction of sp³-hybridized carbons (Fsp3) is 0.571. The van der Waals surface area contributed by atoms with Crippen LogP contribution in [0.2, 0.25) is 0 Å². The lowest BCUT2D eigenvalue weighted by Gasteiger charge is -2.32. The van der Waals surface area contributed by atoms with Crippen molar-refractivity contribution in [2.45, 2.75) is 38.3 Å². The van der Waals surface area contributed by atoms with Crippen LogP contribution in [0.4, 0.5) is 11.5 Å². The third-order valence-corrected chi connectivity index (χ3v) is 3.94. The molecule has 1 aromatic heterocycles. The summed E-state index contributed by atoms with van der Waals surface area (Å²) in [6, 6.07) is 1.91. The quantitative estimate of drug-likeness (QED) is 0.663. The first-order valence-electron chi connectivity index (χ1n) is 6.93. The van der Waals surface area contributed by atoms with Crippen LogP contribution < -0.4 is 16.4 Å². The first-order valence-corrected chi connectivity index (χ1v) is 6.93. The Kier molecular flexibility index (Phi) is 4.44. The summed E-state index contributed by atoms with van der Waals surface area (Å²) in [6.45, 7) is 2.06. The maximum Gasteiger partial charge on any atom is 0.252 e. The molecule has 1 amide bonds. The number of nitrogens with zero attached hydrogens (tertiary/aromatic N) is 1. The monoisotopic (exact) mass is 278 g/mol. The summed E-state index contributed by atoms with van der Waals surface area (Å²) in [6.07, 6.45) is 3.78. The Labute approximate surface area is 118 Å². The number of hydrogen-bond donors (Lipinski definition) is 4. The number of carbonyl (C=O) groups is 1. The van der Waals surface area contributed by atoms with Gasteiger partial charge in [-0.2, -0.15) is 0 Å². The molecular weight excluding hydrogens is 256 g/mol. The van der Waals surface area contributed by atoms with Gasteiger partial charge in [0, 0.05) is 25.4 Å². The van der Waals surface area contributed by atoms with Crippen LogP contribution in [-0.4, -0.2) is 35.2 Å². The van der Waals surface area contributed by atoms with Gasteiger partial charge in [-0.1, -0.05) is 6.92 Å². The molecule has 0 aliphatic heterocycles. The van der Waals surface area contributed by atoms with Gasteiger partial charge in [0.1, 0.15) is 5.82 Å². The minimum absolute atomic E-state index is 0.145. The molecule has 0 bridgehead atoms. The van der Waals surface area contributed by atoms with Crippen molar-refractivity contribution in [3.05, 3.63) is 17.8 Å². The molecule has 0 spiro atoms. The number of aliphatic hydroxyl groups excluding tert-OH is 1. The first-order chi connectivity index (χ1) is 9.51. The van der Waals surface area contributed by atoms with Gasteiger partial charge in [0.2, 0.25) is 0 Å². The maximum absolute atomic E-state index is 11.5. The largest absolute Gasteiger partial charge is 0.393 e. The molecule has 6 heteroatoms. The third kappa shape index (κ3) is 3.19. The Morgan fingerprint density at radius 2 is 2.25 bits per heavy atom. The van der Waals surface area contributed by atoms with Crippen molar-refractivity contribution >= 4 is 17.4 Å². The molecule has 0 radical (unpaired) electrons. The minimum Gasteiger partial charge on any atom is -0.393 e. The molecule has 110 valence electrons. The summed E-state index contributed by atoms with van der Waals surface area (Å²) in [5, 5.41) is 16.2. The van der Waals surface area contributed by atoms with Gasteiger partial charge in [-0.15, -0.1) is 0 Å². The summed E-state index contributed by atoms with van der Waals surface area (Å²) in [5.41, 5.74) is 6.41. The van der Waals surface area contributed by atoms with E-state index in [0.717, 1.165) is 12.8 Å². The maximum atomic E-state index is 11.5. The molecule has 20 heavy (non-hydrogen) atoms. The number of pyridine rings is 1. The SMILES string of the molecule is CNc1cc(N[C@@H]2CC[C@@H](C)[C@H](O)C2)c(C(N)=O)cn1. The normalized spacial score (nSPS) is 26.1. The zero-order valence-electron chi connectivity index (χ0n) is 11.9. The van der Waals surface area contributed by atoms with Crippen LogP contribution in [0.1, 0.15) is 36.5 Å². The van der Waals surface area contributed by atoms with Crippen LogP contribution in [0.25, 0.3) is 0 Å². The van der Waals surface area contributed by atoms with Crippen molar-refractivity contribution < 1.29 is 9.90 Å². The number of carbonyl (C=O) groups excluding carboxylic acids is 1. The Balaban J connectivity index is 2.17. The van der Waals surface area contributed by atoms with Crippen molar-refractivity contribution in [2.75, 3.05) is 17.7 Å². The fourth-order valence-corrected chi connectivity index (χ4v) is 2.56. The number of aromatic nitrogens is 1. The number of aliphatic hydroxyl groups is 1. The van der Waals surface area contributed by atoms with Crippen LogP contribution in [-0.2, 0) is 0 Å². The fourth-order valence-electron chi connectivity index (χ4n) is 2.56. The Morgan fingerprint density at radius 3 is 2.85 bits per heavy atom. The highest BCUT2D eigenvalue weighted by Gasteiger charge is 2.26. The van der Waals surface area contributed by atoms with E-state index < -0.39 is 5.91 Å². The van der Waals surface area contributed by atoms with Crippen molar-refractivity contribution in [1.29, 1.82) is 0 Å². The van der Waals surface area contributed by atoms with E-state index in [4.69, 9.17) is 5.73 Å². The van der Waals surface area contributed by atoms with Gasteiger partial charge in [-0.05, 0) is 25.2 Å². The molecule has 1 saturated carbocycles. The van der Waals surface area contributed by atoms with Crippen molar-refractivity contribution in [2.24, 2.45) is 11.7 Å². The number of hydrogen-bond acceptors (Lipinski definition) is 5. The highest BCUT2D eigenvalue weighted by Crippen LogP contribution is 2.28. The molecule has 5 N–H and O–H groups in total. The average molecular weight is 278 g/mol. The molecule has 1 aromatic rings. The molecule has 0 aromatic carbocycles. The Hall–Kier alpha value is -1.82. The summed E-state index contributed by atoms with van der Waals surface area (Å²) < 4.78 is 0. The van der Waals surface area contributed by atoms with Gasteiger partial charge in [0.15, 0.2) is 0 Å². The van der Waals surface area contributed by atoms with Gasteiger partial charge in [0.25, 0.3) is 5.91 Å². The third-order valence-electron chi connectivity index (χ3n) is 3.94. The molecule has 0 saturated heterocycles. The molecule has 0 unspecified atom stereocenters. The van der Waals surface area contributed by atoms with E-state index in [1.807, 2.05) is 0 Å². The van der Waals surface area contributed by atoms with Gasteiger partial charge in [-0.25, -0.2) is 4.98 Å². The van der Waals surface area contributed by atoms with Gasteiger partial charge in [0.05, 0.1) is 17.4 Å². The molecule has 2 rings (SSSR count). The smallest absolute Gasteiger partial charge is 0.252 e. The molecule has 1 fully saturated rings. The summed E-state index contributed by atoms with van der Waals surface area (Å²) in [4.78, 5) is 15.5. The summed E-state index contributed by atoms with van der Waals surface area (Å²) in [7, 11) is 1.77. The van der Waals surface area contributed by atoms with Crippen molar-refractivity contribution in [1.82, 2.24) is 4.98 Å². The second-order valence-corrected chi connectivity index (χ2v) is 5.43. The average Bonchev–Trinajstić information content (AvgIpc) is 2.42. The van der Waals surface area contributed by atoms with Gasteiger partial charge >= 0.3 is 0 Å². The lowest BCUT2D eigenvalue weighted by Crippen LogP contribution is -2.35. The predicted molar refractivity (Wildman–Crippen MR) is 78.7 cm³/mol. The first kappa shape index (κ1) is 14.6. The van der Waals surface area contributed by atoms with E-state index in [2.05, 4.69) is 22.5 Å². The summed E-state index contributed by atoms with van der Waals surface area (Å²) >= 11 is 0.